The molecular formula is C19H29NO3. The Labute approximate surface area is 139 Å². The number of esters is 1. The fourth-order valence-corrected chi connectivity index (χ4v) is 2.90. The van der Waals surface area contributed by atoms with Crippen LogP contribution in [-0.2, 0) is 9.53 Å². The van der Waals surface area contributed by atoms with Crippen molar-refractivity contribution in [3.8, 4) is 5.75 Å². The molecule has 1 aromatic carbocycles. The SMILES string of the molecule is CC(C)c1cccc(C(C)C)c1OC(=O)C(C)N1CCOCC1. The smallest absolute Gasteiger partial charge is 0.328 e. The summed E-state index contributed by atoms with van der Waals surface area (Å²) in [7, 11) is 0. The number of benzene rings is 1. The third kappa shape index (κ3) is 4.33. The largest absolute Gasteiger partial charge is 0.425 e. The summed E-state index contributed by atoms with van der Waals surface area (Å²) in [5.41, 5.74) is 2.19. The standard InChI is InChI=1S/C19H29NO3/c1-13(2)16-7-6-8-17(14(3)4)18(16)23-19(21)15(5)20-9-11-22-12-10-20/h6-8,13-15H,9-12H2,1-5H3. The summed E-state index contributed by atoms with van der Waals surface area (Å²) in [5.74, 6) is 1.20. The van der Waals surface area contributed by atoms with Gasteiger partial charge in [0, 0.05) is 13.1 Å². The van der Waals surface area contributed by atoms with E-state index in [0.717, 1.165) is 30.0 Å². The molecule has 1 atom stereocenters. The van der Waals surface area contributed by atoms with Crippen molar-refractivity contribution in [1.82, 2.24) is 4.90 Å². The zero-order chi connectivity index (χ0) is 17.0. The van der Waals surface area contributed by atoms with Crippen LogP contribution in [0.4, 0.5) is 0 Å². The second-order valence-electron chi connectivity index (χ2n) is 6.82. The van der Waals surface area contributed by atoms with E-state index in [1.165, 1.54) is 0 Å². The van der Waals surface area contributed by atoms with Crippen molar-refractivity contribution in [2.24, 2.45) is 0 Å². The molecule has 23 heavy (non-hydrogen) atoms. The summed E-state index contributed by atoms with van der Waals surface area (Å²) in [5, 5.41) is 0. The first kappa shape index (κ1) is 18.0. The lowest BCUT2D eigenvalue weighted by atomic mass is 9.94. The Morgan fingerprint density at radius 1 is 1.04 bits per heavy atom. The number of nitrogens with zero attached hydrogens (tertiary/aromatic N) is 1. The molecular weight excluding hydrogens is 290 g/mol. The van der Waals surface area contributed by atoms with Gasteiger partial charge in [-0.05, 0) is 29.9 Å². The van der Waals surface area contributed by atoms with Gasteiger partial charge in [0.15, 0.2) is 0 Å². The first-order chi connectivity index (χ1) is 10.9. The van der Waals surface area contributed by atoms with E-state index in [4.69, 9.17) is 9.47 Å². The molecule has 0 spiro atoms. The molecule has 4 heteroatoms. The van der Waals surface area contributed by atoms with Gasteiger partial charge in [0.1, 0.15) is 11.8 Å². The predicted molar refractivity (Wildman–Crippen MR) is 92.1 cm³/mol. The van der Waals surface area contributed by atoms with E-state index in [2.05, 4.69) is 44.7 Å². The summed E-state index contributed by atoms with van der Waals surface area (Å²) in [6, 6.07) is 5.91. The maximum atomic E-state index is 12.7. The Morgan fingerprint density at radius 2 is 1.57 bits per heavy atom. The zero-order valence-electron chi connectivity index (χ0n) is 15.0. The lowest BCUT2D eigenvalue weighted by Gasteiger charge is -2.31. The number of carbonyl (C=O) groups excluding carboxylic acids is 1. The van der Waals surface area contributed by atoms with E-state index in [1.54, 1.807) is 0 Å². The summed E-state index contributed by atoms with van der Waals surface area (Å²) >= 11 is 0. The van der Waals surface area contributed by atoms with Crippen molar-refractivity contribution >= 4 is 5.97 Å². The molecule has 128 valence electrons. The lowest BCUT2D eigenvalue weighted by Crippen LogP contribution is -2.47. The lowest BCUT2D eigenvalue weighted by molar-refractivity contribution is -0.141. The molecule has 1 aromatic rings. The van der Waals surface area contributed by atoms with E-state index in [9.17, 15) is 4.79 Å². The fourth-order valence-electron chi connectivity index (χ4n) is 2.90. The number of hydrogen-bond donors (Lipinski definition) is 0. The van der Waals surface area contributed by atoms with E-state index >= 15 is 0 Å². The van der Waals surface area contributed by atoms with Gasteiger partial charge in [-0.2, -0.15) is 0 Å². The summed E-state index contributed by atoms with van der Waals surface area (Å²) in [6.45, 7) is 13.3. The van der Waals surface area contributed by atoms with E-state index in [-0.39, 0.29) is 12.0 Å². The Kier molecular flexibility index (Phi) is 6.19. The predicted octanol–water partition coefficient (Wildman–Crippen LogP) is 3.56. The van der Waals surface area contributed by atoms with Crippen molar-refractivity contribution < 1.29 is 14.3 Å². The molecule has 1 aliphatic heterocycles. The van der Waals surface area contributed by atoms with Crippen LogP contribution in [0, 0.1) is 0 Å². The van der Waals surface area contributed by atoms with Crippen LogP contribution >= 0.6 is 0 Å². The van der Waals surface area contributed by atoms with Crippen LogP contribution in [-0.4, -0.2) is 43.2 Å². The molecule has 1 aliphatic rings. The average Bonchev–Trinajstić information content (AvgIpc) is 2.54. The van der Waals surface area contributed by atoms with Crippen LogP contribution in [0.15, 0.2) is 18.2 Å². The highest BCUT2D eigenvalue weighted by atomic mass is 16.5. The summed E-state index contributed by atoms with van der Waals surface area (Å²) < 4.78 is 11.2. The van der Waals surface area contributed by atoms with E-state index < -0.39 is 0 Å². The second-order valence-corrected chi connectivity index (χ2v) is 6.82. The molecule has 0 aromatic heterocycles. The van der Waals surface area contributed by atoms with Crippen LogP contribution in [0.2, 0.25) is 0 Å². The molecule has 0 radical (unpaired) electrons. The Morgan fingerprint density at radius 3 is 2.04 bits per heavy atom. The maximum Gasteiger partial charge on any atom is 0.328 e. The highest BCUT2D eigenvalue weighted by molar-refractivity contribution is 5.78. The number of para-hydroxylation sites is 1. The zero-order valence-corrected chi connectivity index (χ0v) is 15.0. The van der Waals surface area contributed by atoms with Gasteiger partial charge >= 0.3 is 5.97 Å². The minimum Gasteiger partial charge on any atom is -0.425 e. The first-order valence-corrected chi connectivity index (χ1v) is 8.58. The number of carbonyl (C=O) groups is 1. The van der Waals surface area contributed by atoms with Gasteiger partial charge in [-0.15, -0.1) is 0 Å². The topological polar surface area (TPSA) is 38.8 Å². The van der Waals surface area contributed by atoms with Gasteiger partial charge in [0.05, 0.1) is 13.2 Å². The summed E-state index contributed by atoms with van der Waals surface area (Å²) in [4.78, 5) is 14.8. The molecule has 0 aliphatic carbocycles. The van der Waals surface area contributed by atoms with Crippen LogP contribution in [0.25, 0.3) is 0 Å². The second kappa shape index (κ2) is 7.93. The van der Waals surface area contributed by atoms with Gasteiger partial charge in [-0.3, -0.25) is 4.90 Å². The van der Waals surface area contributed by atoms with E-state index in [1.807, 2.05) is 13.0 Å². The molecule has 1 heterocycles. The minimum absolute atomic E-state index is 0.179. The molecule has 0 bridgehead atoms. The molecule has 2 rings (SSSR count). The van der Waals surface area contributed by atoms with Crippen molar-refractivity contribution in [2.75, 3.05) is 26.3 Å². The monoisotopic (exact) mass is 319 g/mol. The number of hydrogen-bond acceptors (Lipinski definition) is 4. The van der Waals surface area contributed by atoms with Crippen LogP contribution in [0.3, 0.4) is 0 Å². The van der Waals surface area contributed by atoms with Gasteiger partial charge in [-0.1, -0.05) is 45.9 Å². The highest BCUT2D eigenvalue weighted by Crippen LogP contribution is 2.34. The normalized spacial score (nSPS) is 17.5. The van der Waals surface area contributed by atoms with Crippen molar-refractivity contribution in [3.63, 3.8) is 0 Å². The molecule has 0 amide bonds. The maximum absolute atomic E-state index is 12.7. The highest BCUT2D eigenvalue weighted by Gasteiger charge is 2.27. The third-order valence-corrected chi connectivity index (χ3v) is 4.46. The van der Waals surface area contributed by atoms with Crippen LogP contribution in [0.1, 0.15) is 57.6 Å². The quantitative estimate of drug-likeness (QED) is 0.614. The fraction of sp³-hybridized carbons (Fsp3) is 0.632. The van der Waals surface area contributed by atoms with Gasteiger partial charge in [-0.25, -0.2) is 4.79 Å². The molecule has 4 nitrogen and oxygen atoms in total. The number of rotatable bonds is 5. The number of ether oxygens (including phenoxy) is 2. The number of morpholine rings is 1. The van der Waals surface area contributed by atoms with Crippen molar-refractivity contribution in [2.45, 2.75) is 52.5 Å². The molecule has 0 saturated carbocycles. The van der Waals surface area contributed by atoms with Crippen molar-refractivity contribution in [1.29, 1.82) is 0 Å². The van der Waals surface area contributed by atoms with Crippen LogP contribution in [0.5, 0.6) is 5.75 Å². The van der Waals surface area contributed by atoms with Crippen LogP contribution < -0.4 is 4.74 Å². The molecule has 1 fully saturated rings. The molecule has 1 unspecified atom stereocenters. The summed E-state index contributed by atoms with van der Waals surface area (Å²) in [6.07, 6.45) is 0. The molecule has 0 N–H and O–H groups in total. The third-order valence-electron chi connectivity index (χ3n) is 4.46. The average molecular weight is 319 g/mol. The van der Waals surface area contributed by atoms with Gasteiger partial charge < -0.3 is 9.47 Å². The van der Waals surface area contributed by atoms with E-state index in [0.29, 0.717) is 25.0 Å². The Bertz CT molecular complexity index is 507. The minimum atomic E-state index is -0.251. The Balaban J connectivity index is 2.22. The van der Waals surface area contributed by atoms with Crippen molar-refractivity contribution in [3.05, 3.63) is 29.3 Å². The Hall–Kier alpha value is -1.39. The molecule has 1 saturated heterocycles. The van der Waals surface area contributed by atoms with Gasteiger partial charge in [0.25, 0.3) is 0 Å². The first-order valence-electron chi connectivity index (χ1n) is 8.58. The van der Waals surface area contributed by atoms with Gasteiger partial charge in [0.2, 0.25) is 0 Å².